The van der Waals surface area contributed by atoms with Crippen molar-refractivity contribution in [2.45, 2.75) is 25.8 Å². The summed E-state index contributed by atoms with van der Waals surface area (Å²) < 4.78 is 6.59. The van der Waals surface area contributed by atoms with E-state index in [2.05, 4.69) is 21.5 Å². The normalized spacial score (nSPS) is 16.9. The van der Waals surface area contributed by atoms with Crippen LogP contribution in [0.5, 0.6) is 5.88 Å². The van der Waals surface area contributed by atoms with Crippen molar-refractivity contribution in [3.8, 4) is 28.9 Å². The molecule has 1 amide bonds. The molecule has 1 aromatic carbocycles. The maximum Gasteiger partial charge on any atom is 0.253 e. The number of hydrogen-bond donors (Lipinski definition) is 2. The Kier molecular flexibility index (Phi) is 4.49. The van der Waals surface area contributed by atoms with E-state index in [1.807, 2.05) is 6.92 Å². The zero-order valence-electron chi connectivity index (χ0n) is 17.0. The molecule has 1 aliphatic carbocycles. The number of aromatic nitrogens is 3. The lowest BCUT2D eigenvalue weighted by Gasteiger charge is -2.53. The Morgan fingerprint density at radius 3 is 2.68 bits per heavy atom. The lowest BCUT2D eigenvalue weighted by molar-refractivity contribution is -0.165. The summed E-state index contributed by atoms with van der Waals surface area (Å²) in [6, 6.07) is 10.9. The van der Waals surface area contributed by atoms with Crippen molar-refractivity contribution in [2.75, 3.05) is 13.2 Å². The van der Waals surface area contributed by atoms with Crippen molar-refractivity contribution in [1.29, 1.82) is 5.26 Å². The number of aryl methyl sites for hydroxylation is 1. The molecule has 2 fully saturated rings. The van der Waals surface area contributed by atoms with Crippen molar-refractivity contribution in [2.24, 2.45) is 5.41 Å². The second-order valence-electron chi connectivity index (χ2n) is 8.41. The van der Waals surface area contributed by atoms with Crippen molar-refractivity contribution < 1.29 is 14.6 Å². The predicted molar refractivity (Wildman–Crippen MR) is 112 cm³/mol. The molecule has 1 aliphatic heterocycles. The molecule has 1 saturated heterocycles. The van der Waals surface area contributed by atoms with Gasteiger partial charge in [-0.3, -0.25) is 4.79 Å². The summed E-state index contributed by atoms with van der Waals surface area (Å²) in [7, 11) is 0. The Labute approximate surface area is 179 Å². The number of aromatic hydroxyl groups is 1. The number of amides is 1. The highest BCUT2D eigenvalue weighted by molar-refractivity contribution is 5.94. The summed E-state index contributed by atoms with van der Waals surface area (Å²) in [5.74, 6) is 0.193. The van der Waals surface area contributed by atoms with Gasteiger partial charge in [-0.25, -0.2) is 4.98 Å². The fourth-order valence-corrected chi connectivity index (χ4v) is 4.36. The zero-order chi connectivity index (χ0) is 21.6. The maximum atomic E-state index is 12.5. The van der Waals surface area contributed by atoms with Gasteiger partial charge >= 0.3 is 0 Å². The smallest absolute Gasteiger partial charge is 0.253 e. The van der Waals surface area contributed by atoms with Crippen LogP contribution in [0.15, 0.2) is 42.7 Å². The standard InChI is InChI=1S/C23H21N5O3/c1-14-6-15(9-24)2-4-18(14)19-11-26-28(22(19)30)20-5-3-16(10-25-20)21(29)27-17-7-23(8-17)12-31-13-23/h2-6,10-11,17,30H,7-8,12-13H2,1H3,(H,27,29). The number of nitriles is 1. The number of hydrogen-bond acceptors (Lipinski definition) is 6. The minimum Gasteiger partial charge on any atom is -0.493 e. The molecule has 1 saturated carbocycles. The van der Waals surface area contributed by atoms with Gasteiger partial charge in [-0.05, 0) is 55.2 Å². The van der Waals surface area contributed by atoms with E-state index in [1.165, 1.54) is 10.9 Å². The van der Waals surface area contributed by atoms with E-state index in [1.54, 1.807) is 36.5 Å². The fraction of sp³-hybridized carbons (Fsp3) is 0.304. The van der Waals surface area contributed by atoms with Crippen LogP contribution in [0.4, 0.5) is 0 Å². The average Bonchev–Trinajstić information content (AvgIpc) is 3.10. The summed E-state index contributed by atoms with van der Waals surface area (Å²) in [6.07, 6.45) is 4.97. The maximum absolute atomic E-state index is 12.5. The minimum absolute atomic E-state index is 0.0556. The van der Waals surface area contributed by atoms with Gasteiger partial charge in [-0.2, -0.15) is 15.0 Å². The SMILES string of the molecule is Cc1cc(C#N)ccc1-c1cnn(-c2ccc(C(=O)NC3CC4(COC4)C3)cn2)c1O. The van der Waals surface area contributed by atoms with Crippen LogP contribution in [0.2, 0.25) is 0 Å². The lowest BCUT2D eigenvalue weighted by Crippen LogP contribution is -2.59. The number of nitrogens with one attached hydrogen (secondary N) is 1. The molecular weight excluding hydrogens is 394 g/mol. The highest BCUT2D eigenvalue weighted by Crippen LogP contribution is 2.46. The van der Waals surface area contributed by atoms with E-state index < -0.39 is 0 Å². The highest BCUT2D eigenvalue weighted by Gasteiger charge is 2.50. The molecule has 2 aromatic heterocycles. The van der Waals surface area contributed by atoms with Crippen LogP contribution >= 0.6 is 0 Å². The quantitative estimate of drug-likeness (QED) is 0.677. The summed E-state index contributed by atoms with van der Waals surface area (Å²) >= 11 is 0. The minimum atomic E-state index is -0.155. The summed E-state index contributed by atoms with van der Waals surface area (Å²) in [6.45, 7) is 3.47. The largest absolute Gasteiger partial charge is 0.493 e. The summed E-state index contributed by atoms with van der Waals surface area (Å²) in [5.41, 5.74) is 3.51. The van der Waals surface area contributed by atoms with Crippen LogP contribution in [0.1, 0.15) is 34.3 Å². The molecule has 31 heavy (non-hydrogen) atoms. The summed E-state index contributed by atoms with van der Waals surface area (Å²) in [4.78, 5) is 16.8. The Hall–Kier alpha value is -3.70. The van der Waals surface area contributed by atoms with E-state index >= 15 is 0 Å². The average molecular weight is 415 g/mol. The molecule has 3 aromatic rings. The predicted octanol–water partition coefficient (Wildman–Crippen LogP) is 2.73. The first-order valence-corrected chi connectivity index (χ1v) is 10.1. The lowest BCUT2D eigenvalue weighted by atomic mass is 9.64. The van der Waals surface area contributed by atoms with Crippen molar-refractivity contribution in [1.82, 2.24) is 20.1 Å². The van der Waals surface area contributed by atoms with E-state index in [0.717, 1.165) is 37.2 Å². The van der Waals surface area contributed by atoms with E-state index in [4.69, 9.17) is 10.00 Å². The van der Waals surface area contributed by atoms with E-state index in [-0.39, 0.29) is 17.8 Å². The molecule has 156 valence electrons. The second-order valence-corrected chi connectivity index (χ2v) is 8.41. The van der Waals surface area contributed by atoms with Crippen LogP contribution in [-0.2, 0) is 4.74 Å². The van der Waals surface area contributed by atoms with Gasteiger partial charge in [0, 0.05) is 17.7 Å². The van der Waals surface area contributed by atoms with Gasteiger partial charge in [0.2, 0.25) is 5.88 Å². The van der Waals surface area contributed by atoms with Gasteiger partial charge in [0.1, 0.15) is 0 Å². The molecule has 0 bridgehead atoms. The van der Waals surface area contributed by atoms with Gasteiger partial charge < -0.3 is 15.2 Å². The number of ether oxygens (including phenoxy) is 1. The molecular formula is C23H21N5O3. The highest BCUT2D eigenvalue weighted by atomic mass is 16.5. The number of carbonyl (C=O) groups excluding carboxylic acids is 1. The Morgan fingerprint density at radius 1 is 1.26 bits per heavy atom. The molecule has 2 aliphatic rings. The Balaban J connectivity index is 1.31. The Morgan fingerprint density at radius 2 is 2.06 bits per heavy atom. The fourth-order valence-electron chi connectivity index (χ4n) is 4.36. The van der Waals surface area contributed by atoms with Crippen molar-refractivity contribution in [3.63, 3.8) is 0 Å². The van der Waals surface area contributed by atoms with Gasteiger partial charge in [-0.15, -0.1) is 0 Å². The molecule has 5 rings (SSSR count). The number of nitrogens with zero attached hydrogens (tertiary/aromatic N) is 4. The first kappa shape index (κ1) is 19.3. The third kappa shape index (κ3) is 3.33. The van der Waals surface area contributed by atoms with Crippen LogP contribution in [0, 0.1) is 23.7 Å². The number of pyridine rings is 1. The number of rotatable bonds is 4. The molecule has 0 radical (unpaired) electrons. The van der Waals surface area contributed by atoms with Gasteiger partial charge in [0.25, 0.3) is 5.91 Å². The third-order valence-corrected chi connectivity index (χ3v) is 6.13. The molecule has 0 unspecified atom stereocenters. The Bertz CT molecular complexity index is 1200. The van der Waals surface area contributed by atoms with E-state index in [9.17, 15) is 9.90 Å². The number of benzene rings is 1. The summed E-state index contributed by atoms with van der Waals surface area (Å²) in [5, 5.41) is 27.0. The topological polar surface area (TPSA) is 113 Å². The monoisotopic (exact) mass is 415 g/mol. The molecule has 0 atom stereocenters. The molecule has 8 nitrogen and oxygen atoms in total. The van der Waals surface area contributed by atoms with Gasteiger partial charge in [0.05, 0.1) is 42.2 Å². The molecule has 3 heterocycles. The van der Waals surface area contributed by atoms with Gasteiger partial charge in [-0.1, -0.05) is 6.07 Å². The second kappa shape index (κ2) is 7.22. The van der Waals surface area contributed by atoms with Crippen LogP contribution in [-0.4, -0.2) is 45.0 Å². The van der Waals surface area contributed by atoms with Crippen LogP contribution in [0.3, 0.4) is 0 Å². The van der Waals surface area contributed by atoms with Crippen molar-refractivity contribution >= 4 is 5.91 Å². The van der Waals surface area contributed by atoms with Gasteiger partial charge in [0.15, 0.2) is 5.82 Å². The third-order valence-electron chi connectivity index (χ3n) is 6.13. The molecule has 1 spiro atoms. The first-order valence-electron chi connectivity index (χ1n) is 10.1. The molecule has 2 N–H and O–H groups in total. The van der Waals surface area contributed by atoms with Crippen LogP contribution in [0.25, 0.3) is 16.9 Å². The first-order chi connectivity index (χ1) is 15.0. The van der Waals surface area contributed by atoms with E-state index in [0.29, 0.717) is 27.9 Å². The van der Waals surface area contributed by atoms with Crippen molar-refractivity contribution in [3.05, 3.63) is 59.4 Å². The molecule has 8 heteroatoms. The zero-order valence-corrected chi connectivity index (χ0v) is 17.0. The number of carbonyl (C=O) groups is 1. The van der Waals surface area contributed by atoms with Crippen LogP contribution < -0.4 is 5.32 Å².